The molecule has 1 atom stereocenters. The van der Waals surface area contributed by atoms with E-state index in [1.165, 1.54) is 5.56 Å². The van der Waals surface area contributed by atoms with E-state index in [1.54, 1.807) is 0 Å². The highest BCUT2D eigenvalue weighted by Crippen LogP contribution is 2.16. The van der Waals surface area contributed by atoms with Gasteiger partial charge in [-0.15, -0.1) is 0 Å². The molecule has 2 aromatic rings. The Bertz CT molecular complexity index is 459. The molecule has 15 heavy (non-hydrogen) atoms. The molecular weight excluding hydrogens is 188 g/mol. The average Bonchev–Trinajstić information content (AvgIpc) is 2.66. The number of nitrogens with zero attached hydrogens (tertiary/aromatic N) is 2. The van der Waals surface area contributed by atoms with E-state index in [0.717, 1.165) is 5.56 Å². The third kappa shape index (κ3) is 2.05. The van der Waals surface area contributed by atoms with Crippen LogP contribution < -0.4 is 5.73 Å². The van der Waals surface area contributed by atoms with Gasteiger partial charge in [0.25, 0.3) is 0 Å². The van der Waals surface area contributed by atoms with Gasteiger partial charge in [-0.2, -0.15) is 5.10 Å². The van der Waals surface area contributed by atoms with E-state index >= 15 is 0 Å². The quantitative estimate of drug-likeness (QED) is 0.780. The van der Waals surface area contributed by atoms with E-state index in [2.05, 4.69) is 15.2 Å². The molecule has 4 heteroatoms. The lowest BCUT2D eigenvalue weighted by Crippen LogP contribution is -2.06. The second kappa shape index (κ2) is 3.82. The van der Waals surface area contributed by atoms with Crippen LogP contribution in [-0.4, -0.2) is 15.2 Å². The van der Waals surface area contributed by atoms with Gasteiger partial charge in [0, 0.05) is 5.56 Å². The lowest BCUT2D eigenvalue weighted by Gasteiger charge is -1.97. The lowest BCUT2D eigenvalue weighted by molar-refractivity contribution is 0.745. The summed E-state index contributed by atoms with van der Waals surface area (Å²) in [6.07, 6.45) is 0. The van der Waals surface area contributed by atoms with Crippen molar-refractivity contribution in [2.75, 3.05) is 0 Å². The number of rotatable bonds is 2. The Morgan fingerprint density at radius 3 is 2.80 bits per heavy atom. The first kappa shape index (κ1) is 9.86. The first-order chi connectivity index (χ1) is 7.16. The molecule has 0 aliphatic heterocycles. The van der Waals surface area contributed by atoms with Crippen molar-refractivity contribution in [2.45, 2.75) is 19.9 Å². The van der Waals surface area contributed by atoms with E-state index in [0.29, 0.717) is 11.6 Å². The topological polar surface area (TPSA) is 67.6 Å². The molecule has 3 N–H and O–H groups in total. The van der Waals surface area contributed by atoms with Crippen LogP contribution in [0.25, 0.3) is 11.4 Å². The highest BCUT2D eigenvalue weighted by molar-refractivity contribution is 5.55. The second-order valence-electron chi connectivity index (χ2n) is 3.70. The number of aromatic nitrogens is 3. The molecule has 0 saturated heterocycles. The molecule has 1 aromatic heterocycles. The summed E-state index contributed by atoms with van der Waals surface area (Å²) in [7, 11) is 0. The first-order valence-electron chi connectivity index (χ1n) is 4.92. The van der Waals surface area contributed by atoms with Gasteiger partial charge in [0.05, 0.1) is 6.04 Å². The van der Waals surface area contributed by atoms with Crippen LogP contribution in [0.1, 0.15) is 24.4 Å². The molecule has 0 aliphatic carbocycles. The summed E-state index contributed by atoms with van der Waals surface area (Å²) < 4.78 is 0. The number of nitrogens with two attached hydrogens (primary N) is 1. The van der Waals surface area contributed by atoms with E-state index in [4.69, 9.17) is 5.73 Å². The molecule has 0 bridgehead atoms. The Morgan fingerprint density at radius 1 is 1.40 bits per heavy atom. The molecule has 0 radical (unpaired) electrons. The van der Waals surface area contributed by atoms with Crippen LogP contribution in [0.2, 0.25) is 0 Å². The van der Waals surface area contributed by atoms with Crippen molar-refractivity contribution in [1.82, 2.24) is 15.2 Å². The normalized spacial score (nSPS) is 12.7. The van der Waals surface area contributed by atoms with Gasteiger partial charge in [0.1, 0.15) is 5.82 Å². The largest absolute Gasteiger partial charge is 0.322 e. The zero-order chi connectivity index (χ0) is 10.8. The maximum absolute atomic E-state index is 5.70. The van der Waals surface area contributed by atoms with Gasteiger partial charge >= 0.3 is 0 Å². The standard InChI is InChI=1S/C11H14N4/c1-7-4-3-5-9(6-7)11-13-10(8(2)12)14-15-11/h3-6,8H,12H2,1-2H3,(H,13,14,15)/t8-/m0/s1. The SMILES string of the molecule is Cc1cccc(-c2n[nH]c([C@H](C)N)n2)c1. The Balaban J connectivity index is 2.37. The molecule has 1 aromatic carbocycles. The van der Waals surface area contributed by atoms with Crippen molar-refractivity contribution in [1.29, 1.82) is 0 Å². The van der Waals surface area contributed by atoms with Crippen LogP contribution in [0, 0.1) is 6.92 Å². The summed E-state index contributed by atoms with van der Waals surface area (Å²) in [6, 6.07) is 7.96. The summed E-state index contributed by atoms with van der Waals surface area (Å²) in [4.78, 5) is 4.33. The predicted molar refractivity (Wildman–Crippen MR) is 59.2 cm³/mol. The van der Waals surface area contributed by atoms with Crippen molar-refractivity contribution in [3.63, 3.8) is 0 Å². The zero-order valence-corrected chi connectivity index (χ0v) is 8.86. The molecule has 4 nitrogen and oxygen atoms in total. The molecule has 0 aliphatic rings. The summed E-state index contributed by atoms with van der Waals surface area (Å²) in [5, 5.41) is 6.97. The highest BCUT2D eigenvalue weighted by atomic mass is 15.2. The van der Waals surface area contributed by atoms with Crippen LogP contribution in [0.3, 0.4) is 0 Å². The van der Waals surface area contributed by atoms with Crippen molar-refractivity contribution < 1.29 is 0 Å². The average molecular weight is 202 g/mol. The second-order valence-corrected chi connectivity index (χ2v) is 3.70. The van der Waals surface area contributed by atoms with Crippen LogP contribution in [0.15, 0.2) is 24.3 Å². The minimum absolute atomic E-state index is 0.115. The van der Waals surface area contributed by atoms with Crippen LogP contribution >= 0.6 is 0 Å². The maximum atomic E-state index is 5.70. The van der Waals surface area contributed by atoms with E-state index in [1.807, 2.05) is 38.1 Å². The molecule has 0 spiro atoms. The summed E-state index contributed by atoms with van der Waals surface area (Å²) in [6.45, 7) is 3.92. The molecule has 0 amide bonds. The zero-order valence-electron chi connectivity index (χ0n) is 8.86. The minimum Gasteiger partial charge on any atom is -0.322 e. The number of hydrogen-bond donors (Lipinski definition) is 2. The van der Waals surface area contributed by atoms with Crippen molar-refractivity contribution in [3.05, 3.63) is 35.7 Å². The van der Waals surface area contributed by atoms with Gasteiger partial charge in [-0.05, 0) is 19.9 Å². The maximum Gasteiger partial charge on any atom is 0.181 e. The van der Waals surface area contributed by atoms with Crippen LogP contribution in [0.4, 0.5) is 0 Å². The number of H-pyrrole nitrogens is 1. The smallest absolute Gasteiger partial charge is 0.181 e. The van der Waals surface area contributed by atoms with Gasteiger partial charge in [0.2, 0.25) is 0 Å². The number of aryl methyl sites for hydroxylation is 1. The monoisotopic (exact) mass is 202 g/mol. The molecule has 0 saturated carbocycles. The lowest BCUT2D eigenvalue weighted by atomic mass is 10.1. The van der Waals surface area contributed by atoms with Crippen molar-refractivity contribution in [2.24, 2.45) is 5.73 Å². The number of aromatic amines is 1. The fourth-order valence-corrected chi connectivity index (χ4v) is 1.39. The molecule has 78 valence electrons. The van der Waals surface area contributed by atoms with Crippen molar-refractivity contribution >= 4 is 0 Å². The Labute approximate surface area is 88.5 Å². The molecule has 1 heterocycles. The summed E-state index contributed by atoms with van der Waals surface area (Å²) >= 11 is 0. The van der Waals surface area contributed by atoms with Gasteiger partial charge in [-0.1, -0.05) is 23.8 Å². The van der Waals surface area contributed by atoms with Gasteiger partial charge in [-0.25, -0.2) is 4.98 Å². The highest BCUT2D eigenvalue weighted by Gasteiger charge is 2.08. The molecule has 0 fully saturated rings. The Morgan fingerprint density at radius 2 is 2.20 bits per heavy atom. The summed E-state index contributed by atoms with van der Waals surface area (Å²) in [5.41, 5.74) is 7.91. The number of hydrogen-bond acceptors (Lipinski definition) is 3. The third-order valence-corrected chi connectivity index (χ3v) is 2.21. The minimum atomic E-state index is -0.115. The number of nitrogens with one attached hydrogen (secondary N) is 1. The van der Waals surface area contributed by atoms with Gasteiger partial charge < -0.3 is 5.73 Å². The Kier molecular flexibility index (Phi) is 2.51. The van der Waals surface area contributed by atoms with E-state index in [9.17, 15) is 0 Å². The number of benzene rings is 1. The van der Waals surface area contributed by atoms with Crippen molar-refractivity contribution in [3.8, 4) is 11.4 Å². The van der Waals surface area contributed by atoms with Crippen LogP contribution in [-0.2, 0) is 0 Å². The predicted octanol–water partition coefficient (Wildman–Crippen LogP) is 1.80. The van der Waals surface area contributed by atoms with E-state index < -0.39 is 0 Å². The van der Waals surface area contributed by atoms with Crippen LogP contribution in [0.5, 0.6) is 0 Å². The van der Waals surface area contributed by atoms with Gasteiger partial charge in [0.15, 0.2) is 5.82 Å². The fraction of sp³-hybridized carbons (Fsp3) is 0.273. The third-order valence-electron chi connectivity index (χ3n) is 2.21. The fourth-order valence-electron chi connectivity index (χ4n) is 1.39. The molecule has 0 unspecified atom stereocenters. The molecular formula is C11H14N4. The Hall–Kier alpha value is -1.68. The first-order valence-corrected chi connectivity index (χ1v) is 4.92. The van der Waals surface area contributed by atoms with E-state index in [-0.39, 0.29) is 6.04 Å². The molecule has 2 rings (SSSR count). The summed E-state index contributed by atoms with van der Waals surface area (Å²) in [5.74, 6) is 1.41. The van der Waals surface area contributed by atoms with Gasteiger partial charge in [-0.3, -0.25) is 5.10 Å².